The van der Waals surface area contributed by atoms with Crippen molar-refractivity contribution in [1.29, 1.82) is 0 Å². The smallest absolute Gasteiger partial charge is 0.345 e. The second kappa shape index (κ2) is 11.3. The van der Waals surface area contributed by atoms with Crippen LogP contribution in [0.3, 0.4) is 0 Å². The summed E-state index contributed by atoms with van der Waals surface area (Å²) in [6, 6.07) is 8.16. The molecule has 0 radical (unpaired) electrons. The Kier molecular flexibility index (Phi) is 8.10. The van der Waals surface area contributed by atoms with Crippen LogP contribution in [0.2, 0.25) is 5.02 Å². The zero-order valence-corrected chi connectivity index (χ0v) is 20.8. The molecule has 4 rings (SSSR count). The Morgan fingerprint density at radius 3 is 2.62 bits per heavy atom. The Balaban J connectivity index is 1.60. The summed E-state index contributed by atoms with van der Waals surface area (Å²) < 4.78 is 55.5. The first-order chi connectivity index (χ1) is 17.6. The summed E-state index contributed by atoms with van der Waals surface area (Å²) in [4.78, 5) is 28.8. The molecule has 0 unspecified atom stereocenters. The second-order valence-electron chi connectivity index (χ2n) is 7.24. The number of aromatic nitrogens is 4. The van der Waals surface area contributed by atoms with Crippen LogP contribution < -0.4 is 10.6 Å². The number of amides is 2. The van der Waals surface area contributed by atoms with E-state index in [0.717, 1.165) is 30.0 Å². The van der Waals surface area contributed by atoms with E-state index in [2.05, 4.69) is 25.8 Å². The summed E-state index contributed by atoms with van der Waals surface area (Å²) in [6.45, 7) is -0.321. The number of hydrogen-bond donors (Lipinski definition) is 2. The number of alkyl halides is 3. The van der Waals surface area contributed by atoms with Crippen molar-refractivity contribution in [3.63, 3.8) is 0 Å². The van der Waals surface area contributed by atoms with E-state index >= 15 is 0 Å². The van der Waals surface area contributed by atoms with Gasteiger partial charge in [0.25, 0.3) is 5.91 Å². The lowest BCUT2D eigenvalue weighted by Gasteiger charge is -2.14. The number of nitrogens with one attached hydrogen (secondary N) is 2. The first kappa shape index (κ1) is 26.6. The van der Waals surface area contributed by atoms with E-state index in [1.54, 1.807) is 5.38 Å². The van der Waals surface area contributed by atoms with Crippen LogP contribution in [-0.4, -0.2) is 37.3 Å². The van der Waals surface area contributed by atoms with E-state index in [1.165, 1.54) is 46.4 Å². The topological polar surface area (TPSA) is 102 Å². The predicted octanol–water partition coefficient (Wildman–Crippen LogP) is 5.20. The number of anilines is 1. The monoisotopic (exact) mass is 570 g/mol. The highest BCUT2D eigenvalue weighted by molar-refractivity contribution is 7.99. The normalized spacial score (nSPS) is 11.4. The lowest BCUT2D eigenvalue weighted by atomic mass is 10.2. The molecular weight excluding hydrogens is 556 g/mol. The fraction of sp³-hybridized carbons (Fsp3) is 0.136. The maximum absolute atomic E-state index is 14.1. The zero-order valence-electron chi connectivity index (χ0n) is 18.4. The fourth-order valence-electron chi connectivity index (χ4n) is 3.12. The van der Waals surface area contributed by atoms with Gasteiger partial charge in [-0.05, 0) is 30.3 Å². The lowest BCUT2D eigenvalue weighted by Crippen LogP contribution is -2.26. The Hall–Kier alpha value is -3.49. The van der Waals surface area contributed by atoms with Crippen molar-refractivity contribution in [2.75, 3.05) is 11.1 Å². The summed E-state index contributed by atoms with van der Waals surface area (Å²) in [5.74, 6) is -2.20. The fourth-order valence-corrected chi connectivity index (χ4v) is 4.69. The highest BCUT2D eigenvalue weighted by Gasteiger charge is 2.31. The molecule has 0 aliphatic heterocycles. The number of nitrogens with zero attached hydrogens (tertiary/aromatic N) is 4. The number of carbonyl (C=O) groups excluding carboxylic acids is 2. The molecule has 37 heavy (non-hydrogen) atoms. The number of halogens is 5. The molecule has 2 heterocycles. The number of hydrogen-bond acceptors (Lipinski definition) is 7. The molecule has 0 saturated heterocycles. The van der Waals surface area contributed by atoms with Crippen molar-refractivity contribution in [3.05, 3.63) is 81.8 Å². The molecule has 0 aliphatic carbocycles. The van der Waals surface area contributed by atoms with Crippen LogP contribution in [-0.2, 0) is 17.5 Å². The van der Waals surface area contributed by atoms with E-state index in [1.807, 2.05) is 0 Å². The van der Waals surface area contributed by atoms with Gasteiger partial charge >= 0.3 is 6.18 Å². The van der Waals surface area contributed by atoms with Crippen molar-refractivity contribution in [3.8, 4) is 5.69 Å². The maximum Gasteiger partial charge on any atom is 0.416 e. The highest BCUT2D eigenvalue weighted by atomic mass is 35.5. The minimum absolute atomic E-state index is 0.0444. The predicted molar refractivity (Wildman–Crippen MR) is 130 cm³/mol. The lowest BCUT2D eigenvalue weighted by molar-refractivity contribution is -0.137. The molecule has 2 aromatic carbocycles. The minimum atomic E-state index is -4.61. The molecule has 0 saturated carbocycles. The van der Waals surface area contributed by atoms with Crippen LogP contribution in [0.15, 0.2) is 59.2 Å². The standard InChI is InChI=1S/C22H15ClF4N6O2S2/c23-14-5-2-6-15(24)18(14)19(35)29-10-16-31-32-21(37-11-17(34)30-20-28-7-8-36-20)33(16)13-4-1-3-12(9-13)22(25,26)27/h1-9H,10-11H2,(H,29,35)(H,28,30,34). The molecule has 0 spiro atoms. The molecule has 2 aromatic heterocycles. The number of rotatable bonds is 8. The number of thiazole rings is 1. The minimum Gasteiger partial charge on any atom is -0.345 e. The molecule has 2 amide bonds. The Morgan fingerprint density at radius 1 is 1.14 bits per heavy atom. The quantitative estimate of drug-likeness (QED) is 0.223. The molecule has 8 nitrogen and oxygen atoms in total. The van der Waals surface area contributed by atoms with Crippen LogP contribution in [0.1, 0.15) is 21.7 Å². The van der Waals surface area contributed by atoms with Crippen molar-refractivity contribution in [2.24, 2.45) is 0 Å². The third kappa shape index (κ3) is 6.45. The first-order valence-electron chi connectivity index (χ1n) is 10.3. The van der Waals surface area contributed by atoms with Crippen LogP contribution >= 0.6 is 34.7 Å². The first-order valence-corrected chi connectivity index (χ1v) is 12.5. The van der Waals surface area contributed by atoms with Crippen LogP contribution in [0.4, 0.5) is 22.7 Å². The number of carbonyl (C=O) groups is 2. The van der Waals surface area contributed by atoms with Gasteiger partial charge in [0.05, 0.1) is 34.1 Å². The Bertz CT molecular complexity index is 1410. The summed E-state index contributed by atoms with van der Waals surface area (Å²) in [5, 5.41) is 15.1. The summed E-state index contributed by atoms with van der Waals surface area (Å²) in [7, 11) is 0. The van der Waals surface area contributed by atoms with E-state index in [9.17, 15) is 27.2 Å². The van der Waals surface area contributed by atoms with Gasteiger partial charge in [0.1, 0.15) is 5.82 Å². The maximum atomic E-state index is 14.1. The zero-order chi connectivity index (χ0) is 26.6. The van der Waals surface area contributed by atoms with Crippen molar-refractivity contribution in [2.45, 2.75) is 17.9 Å². The average molecular weight is 571 g/mol. The van der Waals surface area contributed by atoms with Crippen LogP contribution in [0.25, 0.3) is 5.69 Å². The van der Waals surface area contributed by atoms with Gasteiger partial charge in [-0.1, -0.05) is 35.5 Å². The molecule has 0 aliphatic rings. The largest absolute Gasteiger partial charge is 0.416 e. The Labute approximate surface area is 220 Å². The van der Waals surface area contributed by atoms with Crippen molar-refractivity contribution >= 4 is 51.6 Å². The van der Waals surface area contributed by atoms with Crippen molar-refractivity contribution in [1.82, 2.24) is 25.1 Å². The van der Waals surface area contributed by atoms with Gasteiger partial charge in [0.15, 0.2) is 16.1 Å². The van der Waals surface area contributed by atoms with E-state index < -0.39 is 29.4 Å². The summed E-state index contributed by atoms with van der Waals surface area (Å²) >= 11 is 8.08. The van der Waals surface area contributed by atoms with E-state index in [4.69, 9.17) is 11.6 Å². The van der Waals surface area contributed by atoms with Gasteiger partial charge in [-0.25, -0.2) is 9.37 Å². The Morgan fingerprint density at radius 2 is 1.92 bits per heavy atom. The molecule has 0 bridgehead atoms. The van der Waals surface area contributed by atoms with Crippen molar-refractivity contribution < 1.29 is 27.2 Å². The summed E-state index contributed by atoms with van der Waals surface area (Å²) in [6.07, 6.45) is -3.09. The number of thioether (sulfide) groups is 1. The van der Waals surface area contributed by atoms with Crippen LogP contribution in [0, 0.1) is 5.82 Å². The van der Waals surface area contributed by atoms with Gasteiger partial charge in [-0.15, -0.1) is 21.5 Å². The average Bonchev–Trinajstić information content (AvgIpc) is 3.50. The molecule has 2 N–H and O–H groups in total. The molecule has 192 valence electrons. The molecule has 15 heteroatoms. The SMILES string of the molecule is O=C(CSc1nnc(CNC(=O)c2c(F)cccc2Cl)n1-c1cccc(C(F)(F)F)c1)Nc1nccs1. The van der Waals surface area contributed by atoms with Gasteiger partial charge in [-0.2, -0.15) is 13.2 Å². The van der Waals surface area contributed by atoms with Gasteiger partial charge in [0, 0.05) is 11.6 Å². The van der Waals surface area contributed by atoms with E-state index in [0.29, 0.717) is 5.13 Å². The summed E-state index contributed by atoms with van der Waals surface area (Å²) in [5.41, 5.74) is -1.25. The van der Waals surface area contributed by atoms with E-state index in [-0.39, 0.29) is 39.6 Å². The molecule has 0 atom stereocenters. The molecule has 0 fully saturated rings. The third-order valence-electron chi connectivity index (χ3n) is 4.74. The number of benzene rings is 2. The van der Waals surface area contributed by atoms with Gasteiger partial charge in [0.2, 0.25) is 5.91 Å². The molecule has 4 aromatic rings. The molecular formula is C22H15ClF4N6O2S2. The highest BCUT2D eigenvalue weighted by Crippen LogP contribution is 2.32. The third-order valence-corrected chi connectivity index (χ3v) is 6.67. The van der Waals surface area contributed by atoms with Gasteiger partial charge < -0.3 is 10.6 Å². The second-order valence-corrected chi connectivity index (χ2v) is 9.48. The van der Waals surface area contributed by atoms with Gasteiger partial charge in [-0.3, -0.25) is 14.2 Å². The van der Waals surface area contributed by atoms with Crippen LogP contribution in [0.5, 0.6) is 0 Å².